The molecule has 0 aliphatic rings. The Morgan fingerprint density at radius 1 is 0.788 bits per heavy atom. The van der Waals surface area contributed by atoms with Gasteiger partial charge in [-0.25, -0.2) is 9.59 Å². The highest BCUT2D eigenvalue weighted by Gasteiger charge is 2.13. The lowest BCUT2D eigenvalue weighted by atomic mass is 10.2. The minimum absolute atomic E-state index is 0.113. The van der Waals surface area contributed by atoms with E-state index in [2.05, 4.69) is 6.92 Å². The Balaban J connectivity index is 1.52. The van der Waals surface area contributed by atoms with E-state index in [9.17, 15) is 19.7 Å². The van der Waals surface area contributed by atoms with Crippen LogP contribution in [0.1, 0.15) is 46.9 Å². The maximum atomic E-state index is 12.4. The number of rotatable bonds is 10. The summed E-state index contributed by atoms with van der Waals surface area (Å²) in [5.74, 6) is 0.491. The molecular weight excluding hydrogens is 442 g/mol. The van der Waals surface area contributed by atoms with Crippen LogP contribution in [0.3, 0.4) is 0 Å². The Labute approximate surface area is 195 Å². The number of non-ortho nitro benzene ring substituents is 1. The average molecular weight is 466 g/mol. The third-order valence-corrected chi connectivity index (χ3v) is 5.76. The quantitative estimate of drug-likeness (QED) is 0.0864. The molecule has 33 heavy (non-hydrogen) atoms. The van der Waals surface area contributed by atoms with Gasteiger partial charge in [-0.15, -0.1) is 11.8 Å². The maximum Gasteiger partial charge on any atom is 0.343 e. The molecule has 3 aromatic carbocycles. The number of nitrogens with zero attached hydrogens (tertiary/aromatic N) is 1. The Morgan fingerprint density at radius 3 is 1.73 bits per heavy atom. The number of nitro benzene ring substituents is 1. The number of hydrogen-bond acceptors (Lipinski definition) is 7. The number of unbranched alkanes of at least 4 members (excludes halogenated alkanes) is 2. The molecule has 0 heterocycles. The average Bonchev–Trinajstić information content (AvgIpc) is 2.83. The van der Waals surface area contributed by atoms with Crippen LogP contribution >= 0.6 is 11.8 Å². The topological polar surface area (TPSA) is 95.7 Å². The summed E-state index contributed by atoms with van der Waals surface area (Å²) in [7, 11) is 0. The van der Waals surface area contributed by atoms with Crippen LogP contribution in [-0.2, 0) is 0 Å². The fourth-order valence-electron chi connectivity index (χ4n) is 2.86. The number of carbonyl (C=O) groups is 2. The van der Waals surface area contributed by atoms with Gasteiger partial charge in [0.25, 0.3) is 5.69 Å². The smallest absolute Gasteiger partial charge is 0.343 e. The highest BCUT2D eigenvalue weighted by molar-refractivity contribution is 7.99. The normalized spacial score (nSPS) is 10.5. The predicted octanol–water partition coefficient (Wildman–Crippen LogP) is 6.32. The number of nitro groups is 1. The Morgan fingerprint density at radius 2 is 1.27 bits per heavy atom. The van der Waals surface area contributed by atoms with E-state index < -0.39 is 16.9 Å². The van der Waals surface area contributed by atoms with E-state index in [1.165, 1.54) is 67.8 Å². The molecular formula is C25H23NO6S. The first-order valence-electron chi connectivity index (χ1n) is 10.5. The van der Waals surface area contributed by atoms with Crippen LogP contribution in [0.2, 0.25) is 0 Å². The molecule has 0 aliphatic carbocycles. The van der Waals surface area contributed by atoms with Crippen molar-refractivity contribution in [2.75, 3.05) is 5.75 Å². The van der Waals surface area contributed by atoms with Crippen LogP contribution < -0.4 is 9.47 Å². The fourth-order valence-corrected chi connectivity index (χ4v) is 3.77. The van der Waals surface area contributed by atoms with Crippen molar-refractivity contribution in [2.24, 2.45) is 0 Å². The van der Waals surface area contributed by atoms with Gasteiger partial charge in [0.15, 0.2) is 0 Å². The van der Waals surface area contributed by atoms with Gasteiger partial charge in [0.1, 0.15) is 11.5 Å². The van der Waals surface area contributed by atoms with Crippen molar-refractivity contribution in [2.45, 2.75) is 31.1 Å². The third kappa shape index (κ3) is 7.18. The second-order valence-electron chi connectivity index (χ2n) is 7.13. The van der Waals surface area contributed by atoms with Gasteiger partial charge in [0.2, 0.25) is 0 Å². The van der Waals surface area contributed by atoms with E-state index in [1.54, 1.807) is 23.9 Å². The van der Waals surface area contributed by atoms with Gasteiger partial charge >= 0.3 is 11.9 Å². The zero-order valence-electron chi connectivity index (χ0n) is 18.1. The van der Waals surface area contributed by atoms with E-state index in [4.69, 9.17) is 9.47 Å². The van der Waals surface area contributed by atoms with Gasteiger partial charge in [-0.05, 0) is 72.8 Å². The van der Waals surface area contributed by atoms with Crippen LogP contribution in [0.5, 0.6) is 11.5 Å². The molecule has 3 rings (SSSR count). The largest absolute Gasteiger partial charge is 0.423 e. The van der Waals surface area contributed by atoms with Gasteiger partial charge < -0.3 is 9.47 Å². The number of carbonyl (C=O) groups excluding carboxylic acids is 2. The second-order valence-corrected chi connectivity index (χ2v) is 8.30. The molecule has 0 amide bonds. The Hall–Kier alpha value is -3.65. The monoisotopic (exact) mass is 465 g/mol. The number of esters is 2. The van der Waals surface area contributed by atoms with Crippen LogP contribution in [-0.4, -0.2) is 22.6 Å². The van der Waals surface area contributed by atoms with E-state index in [0.717, 1.165) is 10.6 Å². The zero-order chi connectivity index (χ0) is 23.6. The summed E-state index contributed by atoms with van der Waals surface area (Å²) in [5.41, 5.74) is 0.516. The lowest BCUT2D eigenvalue weighted by molar-refractivity contribution is -0.384. The van der Waals surface area contributed by atoms with Crippen molar-refractivity contribution < 1.29 is 24.0 Å². The van der Waals surface area contributed by atoms with E-state index in [-0.39, 0.29) is 17.0 Å². The summed E-state index contributed by atoms with van der Waals surface area (Å²) in [5, 5.41) is 10.7. The maximum absolute atomic E-state index is 12.4. The number of thioether (sulfide) groups is 1. The highest BCUT2D eigenvalue weighted by Crippen LogP contribution is 2.23. The van der Waals surface area contributed by atoms with Gasteiger partial charge in [-0.3, -0.25) is 10.1 Å². The number of benzene rings is 3. The standard InChI is InChI=1S/C25H23NO6S/c1-2-3-4-17-33-23-15-7-19(8-16-23)25(28)32-22-13-11-21(12-14-22)31-24(27)18-5-9-20(10-6-18)26(29)30/h5-16H,2-4,17H2,1H3. The van der Waals surface area contributed by atoms with Gasteiger partial charge in [0, 0.05) is 17.0 Å². The van der Waals surface area contributed by atoms with Crippen molar-refractivity contribution in [3.63, 3.8) is 0 Å². The van der Waals surface area contributed by atoms with Crippen LogP contribution in [0.15, 0.2) is 77.7 Å². The van der Waals surface area contributed by atoms with E-state index in [1.807, 2.05) is 12.1 Å². The summed E-state index contributed by atoms with van der Waals surface area (Å²) in [6.45, 7) is 2.17. The van der Waals surface area contributed by atoms with Crippen LogP contribution in [0.25, 0.3) is 0 Å². The first-order chi connectivity index (χ1) is 16.0. The summed E-state index contributed by atoms with van der Waals surface area (Å²) < 4.78 is 10.6. The van der Waals surface area contributed by atoms with Gasteiger partial charge in [0.05, 0.1) is 16.1 Å². The van der Waals surface area contributed by atoms with Crippen molar-refractivity contribution in [1.29, 1.82) is 0 Å². The summed E-state index contributed by atoms with van der Waals surface area (Å²) in [6.07, 6.45) is 3.57. The SMILES string of the molecule is CCCCCSc1ccc(C(=O)Oc2ccc(OC(=O)c3ccc([N+](=O)[O-])cc3)cc2)cc1. The summed E-state index contributed by atoms with van der Waals surface area (Å²) in [6, 6.07) is 18.5. The van der Waals surface area contributed by atoms with Crippen molar-refractivity contribution in [3.05, 3.63) is 94.0 Å². The molecule has 0 saturated carbocycles. The summed E-state index contributed by atoms with van der Waals surface area (Å²) in [4.78, 5) is 35.8. The molecule has 0 bridgehead atoms. The molecule has 3 aromatic rings. The summed E-state index contributed by atoms with van der Waals surface area (Å²) >= 11 is 1.77. The molecule has 0 fully saturated rings. The number of hydrogen-bond donors (Lipinski definition) is 0. The molecule has 0 aromatic heterocycles. The molecule has 0 radical (unpaired) electrons. The molecule has 170 valence electrons. The number of ether oxygens (including phenoxy) is 2. The fraction of sp³-hybridized carbons (Fsp3) is 0.200. The third-order valence-electron chi connectivity index (χ3n) is 4.67. The predicted molar refractivity (Wildman–Crippen MR) is 126 cm³/mol. The minimum atomic E-state index is -0.651. The van der Waals surface area contributed by atoms with Crippen LogP contribution in [0, 0.1) is 10.1 Å². The minimum Gasteiger partial charge on any atom is -0.423 e. The molecule has 0 saturated heterocycles. The lowest BCUT2D eigenvalue weighted by Crippen LogP contribution is -2.09. The van der Waals surface area contributed by atoms with Crippen molar-refractivity contribution in [1.82, 2.24) is 0 Å². The Kier molecular flexibility index (Phi) is 8.60. The molecule has 0 spiro atoms. The molecule has 0 N–H and O–H groups in total. The van der Waals surface area contributed by atoms with Crippen molar-refractivity contribution in [3.8, 4) is 11.5 Å². The highest BCUT2D eigenvalue weighted by atomic mass is 32.2. The zero-order valence-corrected chi connectivity index (χ0v) is 18.9. The molecule has 0 aliphatic heterocycles. The molecule has 8 heteroatoms. The van der Waals surface area contributed by atoms with Gasteiger partial charge in [-0.1, -0.05) is 19.8 Å². The van der Waals surface area contributed by atoms with Crippen molar-refractivity contribution >= 4 is 29.4 Å². The van der Waals surface area contributed by atoms with Gasteiger partial charge in [-0.2, -0.15) is 0 Å². The molecule has 0 atom stereocenters. The Bertz CT molecular complexity index is 1100. The van der Waals surface area contributed by atoms with E-state index in [0.29, 0.717) is 11.3 Å². The molecule has 7 nitrogen and oxygen atoms in total. The van der Waals surface area contributed by atoms with Crippen LogP contribution in [0.4, 0.5) is 5.69 Å². The first-order valence-corrected chi connectivity index (χ1v) is 11.5. The second kappa shape index (κ2) is 11.8. The first kappa shape index (κ1) is 24.0. The van der Waals surface area contributed by atoms with E-state index >= 15 is 0 Å². The lowest BCUT2D eigenvalue weighted by Gasteiger charge is -2.07. The molecule has 0 unspecified atom stereocenters.